The number of rotatable bonds is 5. The largest absolute Gasteiger partial charge is 0.383 e. The van der Waals surface area contributed by atoms with Crippen molar-refractivity contribution in [3.05, 3.63) is 59.0 Å². The van der Waals surface area contributed by atoms with E-state index in [0.29, 0.717) is 23.8 Å². The van der Waals surface area contributed by atoms with Crippen molar-refractivity contribution in [2.75, 3.05) is 16.8 Å². The Morgan fingerprint density at radius 1 is 1.12 bits per heavy atom. The fraction of sp³-hybridized carbons (Fsp3) is 0.167. The number of anilines is 3. The van der Waals surface area contributed by atoms with Crippen molar-refractivity contribution in [3.8, 4) is 11.1 Å². The van der Waals surface area contributed by atoms with E-state index in [-0.39, 0.29) is 5.95 Å². The molecule has 128 valence electrons. The number of nitrogens with one attached hydrogen (secondary N) is 1. The van der Waals surface area contributed by atoms with Gasteiger partial charge >= 0.3 is 0 Å². The van der Waals surface area contributed by atoms with Gasteiger partial charge in [0.05, 0.1) is 28.6 Å². The van der Waals surface area contributed by atoms with Crippen molar-refractivity contribution in [2.24, 2.45) is 0 Å². The summed E-state index contributed by atoms with van der Waals surface area (Å²) in [6.45, 7) is 2.57. The highest BCUT2D eigenvalue weighted by atomic mass is 35.5. The lowest BCUT2D eigenvalue weighted by molar-refractivity contribution is 1.02. The molecule has 0 aliphatic rings. The van der Waals surface area contributed by atoms with E-state index in [9.17, 15) is 0 Å². The van der Waals surface area contributed by atoms with Gasteiger partial charge in [-0.05, 0) is 36.2 Å². The van der Waals surface area contributed by atoms with Gasteiger partial charge in [0, 0.05) is 11.8 Å². The quantitative estimate of drug-likeness (QED) is 0.647. The maximum atomic E-state index is 6.32. The molecule has 0 saturated carbocycles. The summed E-state index contributed by atoms with van der Waals surface area (Å²) in [5.74, 6) is 0.544. The number of aromatic nitrogens is 3. The van der Waals surface area contributed by atoms with Crippen molar-refractivity contribution < 1.29 is 0 Å². The van der Waals surface area contributed by atoms with Gasteiger partial charge in [-0.15, -0.1) is 0 Å². The van der Waals surface area contributed by atoms with Crippen molar-refractivity contribution in [1.82, 2.24) is 15.0 Å². The summed E-state index contributed by atoms with van der Waals surface area (Å²) in [5, 5.41) is 3.93. The average molecular weight is 355 g/mol. The SMILES string of the molecule is CCc1nc(N)nc(N)c1-c1ccc(Cl)c(NCc2ccccn2)c1. The number of pyridine rings is 1. The monoisotopic (exact) mass is 354 g/mol. The predicted molar refractivity (Wildman–Crippen MR) is 102 cm³/mol. The van der Waals surface area contributed by atoms with Crippen LogP contribution < -0.4 is 16.8 Å². The molecule has 0 aliphatic heterocycles. The first-order chi connectivity index (χ1) is 12.1. The molecular formula is C18H19ClN6. The molecule has 1 aromatic carbocycles. The zero-order valence-electron chi connectivity index (χ0n) is 13.8. The first kappa shape index (κ1) is 17.0. The van der Waals surface area contributed by atoms with Crippen LogP contribution in [0.3, 0.4) is 0 Å². The van der Waals surface area contributed by atoms with Crippen LogP contribution in [-0.2, 0) is 13.0 Å². The van der Waals surface area contributed by atoms with Gasteiger partial charge in [-0.2, -0.15) is 4.98 Å². The number of nitrogens with two attached hydrogens (primary N) is 2. The minimum atomic E-state index is 0.181. The smallest absolute Gasteiger partial charge is 0.222 e. The molecule has 25 heavy (non-hydrogen) atoms. The van der Waals surface area contributed by atoms with E-state index in [0.717, 1.165) is 28.2 Å². The second-order valence-corrected chi connectivity index (χ2v) is 5.92. The third kappa shape index (κ3) is 3.80. The maximum Gasteiger partial charge on any atom is 0.222 e. The summed E-state index contributed by atoms with van der Waals surface area (Å²) in [7, 11) is 0. The molecule has 0 saturated heterocycles. The Labute approximate surface area is 151 Å². The Kier molecular flexibility index (Phi) is 5.00. The van der Waals surface area contributed by atoms with Crippen molar-refractivity contribution >= 4 is 29.1 Å². The van der Waals surface area contributed by atoms with Gasteiger partial charge in [0.1, 0.15) is 5.82 Å². The zero-order valence-corrected chi connectivity index (χ0v) is 14.6. The molecule has 5 N–H and O–H groups in total. The Hall–Kier alpha value is -2.86. The summed E-state index contributed by atoms with van der Waals surface area (Å²) in [6, 6.07) is 11.4. The molecule has 0 spiro atoms. The lowest BCUT2D eigenvalue weighted by atomic mass is 10.0. The van der Waals surface area contributed by atoms with Crippen LogP contribution in [-0.4, -0.2) is 15.0 Å². The van der Waals surface area contributed by atoms with E-state index in [2.05, 4.69) is 20.3 Å². The van der Waals surface area contributed by atoms with Crippen LogP contribution in [0, 0.1) is 0 Å². The van der Waals surface area contributed by atoms with Gasteiger partial charge in [-0.25, -0.2) is 4.98 Å². The molecule has 0 unspecified atom stereocenters. The summed E-state index contributed by atoms with van der Waals surface area (Å²) in [5.41, 5.74) is 16.0. The van der Waals surface area contributed by atoms with Gasteiger partial charge in [0.25, 0.3) is 0 Å². The molecule has 3 rings (SSSR count). The molecule has 3 aromatic rings. The van der Waals surface area contributed by atoms with E-state index in [4.69, 9.17) is 23.1 Å². The number of hydrogen-bond donors (Lipinski definition) is 3. The number of hydrogen-bond acceptors (Lipinski definition) is 6. The van der Waals surface area contributed by atoms with Gasteiger partial charge in [-0.3, -0.25) is 4.98 Å². The summed E-state index contributed by atoms with van der Waals surface area (Å²) in [4.78, 5) is 12.7. The first-order valence-corrected chi connectivity index (χ1v) is 8.32. The van der Waals surface area contributed by atoms with Crippen LogP contribution >= 0.6 is 11.6 Å². The minimum absolute atomic E-state index is 0.181. The second-order valence-electron chi connectivity index (χ2n) is 5.51. The molecule has 2 aromatic heterocycles. The molecule has 0 atom stereocenters. The number of aryl methyl sites for hydroxylation is 1. The Morgan fingerprint density at radius 3 is 2.68 bits per heavy atom. The number of nitrogens with zero attached hydrogens (tertiary/aromatic N) is 3. The van der Waals surface area contributed by atoms with E-state index in [1.165, 1.54) is 0 Å². The first-order valence-electron chi connectivity index (χ1n) is 7.94. The number of halogens is 1. The maximum absolute atomic E-state index is 6.32. The summed E-state index contributed by atoms with van der Waals surface area (Å²) < 4.78 is 0. The zero-order chi connectivity index (χ0) is 17.8. The fourth-order valence-electron chi connectivity index (χ4n) is 2.62. The van der Waals surface area contributed by atoms with Crippen LogP contribution in [0.5, 0.6) is 0 Å². The Bertz CT molecular complexity index is 882. The standard InChI is InChI=1S/C18H19ClN6/c1-2-14-16(17(20)25-18(21)24-14)11-6-7-13(19)15(9-11)23-10-12-5-3-4-8-22-12/h3-9,23H,2,10H2,1H3,(H4,20,21,24,25). The third-order valence-electron chi connectivity index (χ3n) is 3.81. The highest BCUT2D eigenvalue weighted by Crippen LogP contribution is 2.33. The van der Waals surface area contributed by atoms with Crippen LogP contribution in [0.4, 0.5) is 17.5 Å². The van der Waals surface area contributed by atoms with Gasteiger partial charge < -0.3 is 16.8 Å². The minimum Gasteiger partial charge on any atom is -0.383 e. The molecule has 0 radical (unpaired) electrons. The Morgan fingerprint density at radius 2 is 1.96 bits per heavy atom. The second kappa shape index (κ2) is 7.36. The lowest BCUT2D eigenvalue weighted by Gasteiger charge is -2.14. The van der Waals surface area contributed by atoms with E-state index < -0.39 is 0 Å². The normalized spacial score (nSPS) is 10.6. The number of benzene rings is 1. The molecule has 6 nitrogen and oxygen atoms in total. The molecule has 0 bridgehead atoms. The van der Waals surface area contributed by atoms with Crippen LogP contribution in [0.15, 0.2) is 42.6 Å². The van der Waals surface area contributed by atoms with Crippen LogP contribution in [0.1, 0.15) is 18.3 Å². The van der Waals surface area contributed by atoms with Crippen molar-refractivity contribution in [2.45, 2.75) is 19.9 Å². The lowest BCUT2D eigenvalue weighted by Crippen LogP contribution is -2.07. The average Bonchev–Trinajstić information content (AvgIpc) is 2.61. The Balaban J connectivity index is 1.94. The molecule has 7 heteroatoms. The summed E-state index contributed by atoms with van der Waals surface area (Å²) in [6.07, 6.45) is 2.46. The van der Waals surface area contributed by atoms with Crippen molar-refractivity contribution in [3.63, 3.8) is 0 Å². The van der Waals surface area contributed by atoms with Crippen LogP contribution in [0.25, 0.3) is 11.1 Å². The van der Waals surface area contributed by atoms with Gasteiger partial charge in [0.15, 0.2) is 0 Å². The molecule has 2 heterocycles. The van der Waals surface area contributed by atoms with Gasteiger partial charge in [-0.1, -0.05) is 30.7 Å². The third-order valence-corrected chi connectivity index (χ3v) is 4.13. The van der Waals surface area contributed by atoms with Crippen LogP contribution in [0.2, 0.25) is 5.02 Å². The molecule has 0 amide bonds. The molecular weight excluding hydrogens is 336 g/mol. The predicted octanol–water partition coefficient (Wildman–Crippen LogP) is 3.53. The van der Waals surface area contributed by atoms with E-state index in [1.54, 1.807) is 6.20 Å². The van der Waals surface area contributed by atoms with E-state index in [1.807, 2.05) is 43.3 Å². The number of nitrogen functional groups attached to an aromatic ring is 2. The highest BCUT2D eigenvalue weighted by Gasteiger charge is 2.14. The fourth-order valence-corrected chi connectivity index (χ4v) is 2.81. The topological polar surface area (TPSA) is 103 Å². The van der Waals surface area contributed by atoms with E-state index >= 15 is 0 Å². The summed E-state index contributed by atoms with van der Waals surface area (Å²) >= 11 is 6.32. The molecule has 0 fully saturated rings. The highest BCUT2D eigenvalue weighted by molar-refractivity contribution is 6.33. The van der Waals surface area contributed by atoms with Gasteiger partial charge in [0.2, 0.25) is 5.95 Å². The van der Waals surface area contributed by atoms with Crippen molar-refractivity contribution in [1.29, 1.82) is 0 Å². The molecule has 0 aliphatic carbocycles.